The van der Waals surface area contributed by atoms with Gasteiger partial charge in [-0.25, -0.2) is 0 Å². The van der Waals surface area contributed by atoms with Gasteiger partial charge in [-0.1, -0.05) is 38.5 Å². The number of carboxylic acid groups (broad SMARTS) is 1. The van der Waals surface area contributed by atoms with Crippen LogP contribution >= 0.6 is 0 Å². The molecule has 0 bridgehead atoms. The Hall–Kier alpha value is -0.940. The van der Waals surface area contributed by atoms with Gasteiger partial charge in [-0.2, -0.15) is 5.48 Å². The number of carbonyl (C=O) groups is 2. The molecule has 0 radical (unpaired) electrons. The Labute approximate surface area is 102 Å². The summed E-state index contributed by atoms with van der Waals surface area (Å²) in [7, 11) is 0. The van der Waals surface area contributed by atoms with Gasteiger partial charge in [0.05, 0.1) is 0 Å². The van der Waals surface area contributed by atoms with Gasteiger partial charge in [0.25, 0.3) is 0 Å². The van der Waals surface area contributed by atoms with Crippen LogP contribution in [0.25, 0.3) is 0 Å². The average Bonchev–Trinajstić information content (AvgIpc) is 2.31. The number of aldehydes is 1. The monoisotopic (exact) mass is 245 g/mol. The van der Waals surface area contributed by atoms with Gasteiger partial charge in [0.2, 0.25) is 0 Å². The van der Waals surface area contributed by atoms with Crippen molar-refractivity contribution in [1.82, 2.24) is 5.48 Å². The minimum Gasteiger partial charge on any atom is -0.480 e. The van der Waals surface area contributed by atoms with Crippen LogP contribution in [-0.4, -0.2) is 28.6 Å². The van der Waals surface area contributed by atoms with E-state index in [1.807, 2.05) is 0 Å². The Bertz CT molecular complexity index is 209. The third-order valence-electron chi connectivity index (χ3n) is 2.77. The fourth-order valence-electron chi connectivity index (χ4n) is 1.70. The molecule has 0 saturated carbocycles. The van der Waals surface area contributed by atoms with Crippen molar-refractivity contribution in [3.63, 3.8) is 0 Å². The molecule has 0 amide bonds. The van der Waals surface area contributed by atoms with Crippen LogP contribution in [0.4, 0.5) is 0 Å². The molecule has 0 fully saturated rings. The van der Waals surface area contributed by atoms with Gasteiger partial charge >= 0.3 is 5.97 Å². The van der Waals surface area contributed by atoms with Gasteiger partial charge < -0.3 is 15.1 Å². The number of hydrogen-bond acceptors (Lipinski definition) is 4. The van der Waals surface area contributed by atoms with Crippen LogP contribution in [0.15, 0.2) is 0 Å². The number of hydroxylamine groups is 1. The lowest BCUT2D eigenvalue weighted by atomic mass is 10.1. The van der Waals surface area contributed by atoms with Crippen LogP contribution in [0.5, 0.6) is 0 Å². The maximum Gasteiger partial charge on any atom is 0.323 e. The summed E-state index contributed by atoms with van der Waals surface area (Å²) in [6.07, 6.45) is 9.26. The van der Waals surface area contributed by atoms with Crippen molar-refractivity contribution < 1.29 is 19.9 Å². The Morgan fingerprint density at radius 2 is 1.59 bits per heavy atom. The van der Waals surface area contributed by atoms with E-state index >= 15 is 0 Å². The molecule has 0 rings (SSSR count). The van der Waals surface area contributed by atoms with Gasteiger partial charge in [-0.15, -0.1) is 0 Å². The van der Waals surface area contributed by atoms with E-state index < -0.39 is 12.0 Å². The normalized spacial score (nSPS) is 12.3. The summed E-state index contributed by atoms with van der Waals surface area (Å²) in [6, 6.07) is -0.845. The molecule has 0 saturated heterocycles. The van der Waals surface area contributed by atoms with Crippen molar-refractivity contribution in [3.8, 4) is 0 Å². The van der Waals surface area contributed by atoms with E-state index in [9.17, 15) is 9.59 Å². The summed E-state index contributed by atoms with van der Waals surface area (Å²) < 4.78 is 0. The highest BCUT2D eigenvalue weighted by Crippen LogP contribution is 2.10. The molecule has 5 heteroatoms. The molecular formula is C12H23NO4. The van der Waals surface area contributed by atoms with Crippen LogP contribution in [-0.2, 0) is 9.59 Å². The molecule has 1 atom stereocenters. The molecule has 1 unspecified atom stereocenters. The van der Waals surface area contributed by atoms with Gasteiger partial charge in [-0.05, 0) is 12.8 Å². The Morgan fingerprint density at radius 3 is 2.06 bits per heavy atom. The Balaban J connectivity index is 3.22. The standard InChI is InChI=1S/C12H23NO4/c14-10-8-6-4-2-1-3-5-7-9-11(13-17)12(15)16/h10-11,13,17H,1-9H2,(H,15,16). The SMILES string of the molecule is O=CCCCCCCCCCC(NO)C(=O)O. The van der Waals surface area contributed by atoms with Crippen LogP contribution in [0.1, 0.15) is 57.8 Å². The Morgan fingerprint density at radius 1 is 1.06 bits per heavy atom. The summed E-state index contributed by atoms with van der Waals surface area (Å²) in [5.74, 6) is -1.01. The fourth-order valence-corrected chi connectivity index (χ4v) is 1.70. The zero-order chi connectivity index (χ0) is 12.9. The van der Waals surface area contributed by atoms with Crippen molar-refractivity contribution in [2.75, 3.05) is 0 Å². The Kier molecular flexibility index (Phi) is 10.9. The van der Waals surface area contributed by atoms with E-state index in [0.717, 1.165) is 51.2 Å². The number of carbonyl (C=O) groups excluding carboxylic acids is 1. The number of carboxylic acids is 1. The third kappa shape index (κ3) is 9.96. The lowest BCUT2D eigenvalue weighted by Gasteiger charge is -2.09. The summed E-state index contributed by atoms with van der Waals surface area (Å²) in [4.78, 5) is 20.6. The second-order valence-corrected chi connectivity index (χ2v) is 4.24. The number of hydrogen-bond donors (Lipinski definition) is 3. The van der Waals surface area contributed by atoms with E-state index in [1.165, 1.54) is 0 Å². The molecule has 0 heterocycles. The van der Waals surface area contributed by atoms with Crippen molar-refractivity contribution in [2.45, 2.75) is 63.8 Å². The molecule has 0 aromatic rings. The topological polar surface area (TPSA) is 86.6 Å². The van der Waals surface area contributed by atoms with E-state index in [2.05, 4.69) is 0 Å². The molecule has 0 aromatic heterocycles. The predicted molar refractivity (Wildman–Crippen MR) is 64.0 cm³/mol. The third-order valence-corrected chi connectivity index (χ3v) is 2.77. The molecule has 17 heavy (non-hydrogen) atoms. The molecular weight excluding hydrogens is 222 g/mol. The fraction of sp³-hybridized carbons (Fsp3) is 0.833. The first kappa shape index (κ1) is 16.1. The highest BCUT2D eigenvalue weighted by molar-refractivity contribution is 5.73. The maximum absolute atomic E-state index is 10.5. The average molecular weight is 245 g/mol. The molecule has 0 aliphatic heterocycles. The first-order valence-corrected chi connectivity index (χ1v) is 6.28. The highest BCUT2D eigenvalue weighted by Gasteiger charge is 2.14. The first-order valence-electron chi connectivity index (χ1n) is 6.28. The van der Waals surface area contributed by atoms with E-state index in [1.54, 1.807) is 5.48 Å². The molecule has 0 spiro atoms. The summed E-state index contributed by atoms with van der Waals surface area (Å²) in [5.41, 5.74) is 1.79. The number of aliphatic carboxylic acids is 1. The summed E-state index contributed by atoms with van der Waals surface area (Å²) in [5, 5.41) is 17.2. The summed E-state index contributed by atoms with van der Waals surface area (Å²) in [6.45, 7) is 0. The zero-order valence-corrected chi connectivity index (χ0v) is 10.2. The largest absolute Gasteiger partial charge is 0.480 e. The molecule has 3 N–H and O–H groups in total. The van der Waals surface area contributed by atoms with Crippen LogP contribution < -0.4 is 5.48 Å². The number of unbranched alkanes of at least 4 members (excludes halogenated alkanes) is 7. The summed E-state index contributed by atoms with van der Waals surface area (Å²) >= 11 is 0. The van der Waals surface area contributed by atoms with Crippen LogP contribution in [0.2, 0.25) is 0 Å². The minimum atomic E-state index is -1.01. The molecule has 0 aromatic carbocycles. The van der Waals surface area contributed by atoms with Crippen molar-refractivity contribution in [1.29, 1.82) is 0 Å². The lowest BCUT2D eigenvalue weighted by Crippen LogP contribution is -2.34. The molecule has 5 nitrogen and oxygen atoms in total. The van der Waals surface area contributed by atoms with Crippen molar-refractivity contribution in [2.24, 2.45) is 0 Å². The van der Waals surface area contributed by atoms with E-state index in [0.29, 0.717) is 12.8 Å². The lowest BCUT2D eigenvalue weighted by molar-refractivity contribution is -0.142. The van der Waals surface area contributed by atoms with Gasteiger partial charge in [0, 0.05) is 6.42 Å². The molecule has 0 aliphatic rings. The maximum atomic E-state index is 10.5. The van der Waals surface area contributed by atoms with Gasteiger partial charge in [-0.3, -0.25) is 4.79 Å². The molecule has 0 aliphatic carbocycles. The number of rotatable bonds is 12. The highest BCUT2D eigenvalue weighted by atomic mass is 16.5. The van der Waals surface area contributed by atoms with Crippen LogP contribution in [0.3, 0.4) is 0 Å². The second-order valence-electron chi connectivity index (χ2n) is 4.24. The number of nitrogens with one attached hydrogen (secondary N) is 1. The first-order chi connectivity index (χ1) is 8.22. The smallest absolute Gasteiger partial charge is 0.323 e. The van der Waals surface area contributed by atoms with Gasteiger partial charge in [0.1, 0.15) is 12.3 Å². The molecule has 100 valence electrons. The predicted octanol–water partition coefficient (Wildman–Crippen LogP) is 2.13. The quantitative estimate of drug-likeness (QED) is 0.278. The van der Waals surface area contributed by atoms with E-state index in [-0.39, 0.29) is 0 Å². The van der Waals surface area contributed by atoms with E-state index in [4.69, 9.17) is 10.3 Å². The van der Waals surface area contributed by atoms with Gasteiger partial charge in [0.15, 0.2) is 0 Å². The zero-order valence-electron chi connectivity index (χ0n) is 10.2. The van der Waals surface area contributed by atoms with Crippen molar-refractivity contribution in [3.05, 3.63) is 0 Å². The second kappa shape index (κ2) is 11.5. The van der Waals surface area contributed by atoms with Crippen LogP contribution in [0, 0.1) is 0 Å². The minimum absolute atomic E-state index is 0.455. The van der Waals surface area contributed by atoms with Crippen molar-refractivity contribution >= 4 is 12.3 Å².